The Morgan fingerprint density at radius 2 is 1.57 bits per heavy atom. The first-order valence-electron chi connectivity index (χ1n) is 6.99. The molecule has 0 unspecified atom stereocenters. The first-order chi connectivity index (χ1) is 10.3. The van der Waals surface area contributed by atoms with Crippen LogP contribution >= 0.6 is 0 Å². The van der Waals surface area contributed by atoms with Crippen molar-refractivity contribution in [2.75, 3.05) is 7.11 Å². The highest BCUT2D eigenvalue weighted by molar-refractivity contribution is 5.98. The number of hydrogen-bond acceptors (Lipinski definition) is 1. The van der Waals surface area contributed by atoms with Gasteiger partial charge in [0, 0.05) is 22.2 Å². The molecule has 0 fully saturated rings. The summed E-state index contributed by atoms with van der Waals surface area (Å²) in [6.45, 7) is 0. The molecule has 0 saturated heterocycles. The summed E-state index contributed by atoms with van der Waals surface area (Å²) in [5.41, 5.74) is 3.40. The average Bonchev–Trinajstić information content (AvgIpc) is 2.95. The van der Waals surface area contributed by atoms with Gasteiger partial charge in [-0.1, -0.05) is 36.4 Å². The number of aromatic amines is 1. The van der Waals surface area contributed by atoms with E-state index in [1.807, 2.05) is 18.2 Å². The van der Waals surface area contributed by atoms with E-state index in [0.29, 0.717) is 0 Å². The molecule has 102 valence electrons. The van der Waals surface area contributed by atoms with Gasteiger partial charge in [-0.25, -0.2) is 0 Å². The third-order valence-electron chi connectivity index (χ3n) is 3.87. The Kier molecular flexibility index (Phi) is 2.68. The predicted molar refractivity (Wildman–Crippen MR) is 87.8 cm³/mol. The lowest BCUT2D eigenvalue weighted by atomic mass is 10.1. The van der Waals surface area contributed by atoms with E-state index in [4.69, 9.17) is 4.74 Å². The third-order valence-corrected chi connectivity index (χ3v) is 3.87. The SMILES string of the molecule is COc1cccc(-c2cc3cc4ccccc4cc3[nH]2)c1. The molecular weight excluding hydrogens is 258 g/mol. The normalized spacial score (nSPS) is 11.1. The Bertz CT molecular complexity index is 884. The summed E-state index contributed by atoms with van der Waals surface area (Å²) in [5, 5.41) is 3.75. The van der Waals surface area contributed by atoms with Crippen LogP contribution in [0.4, 0.5) is 0 Å². The maximum Gasteiger partial charge on any atom is 0.119 e. The van der Waals surface area contributed by atoms with Crippen molar-refractivity contribution in [3.63, 3.8) is 0 Å². The summed E-state index contributed by atoms with van der Waals surface area (Å²) in [6.07, 6.45) is 0. The number of rotatable bonds is 2. The predicted octanol–water partition coefficient (Wildman–Crippen LogP) is 5.00. The van der Waals surface area contributed by atoms with Crippen LogP contribution in [0.15, 0.2) is 66.7 Å². The van der Waals surface area contributed by atoms with Gasteiger partial charge < -0.3 is 9.72 Å². The number of benzene rings is 3. The molecule has 0 radical (unpaired) electrons. The van der Waals surface area contributed by atoms with Crippen molar-refractivity contribution in [1.29, 1.82) is 0 Å². The average molecular weight is 273 g/mol. The second-order valence-electron chi connectivity index (χ2n) is 5.20. The van der Waals surface area contributed by atoms with Crippen LogP contribution in [0.2, 0.25) is 0 Å². The van der Waals surface area contributed by atoms with E-state index < -0.39 is 0 Å². The molecule has 1 heterocycles. The molecule has 0 aliphatic rings. The lowest BCUT2D eigenvalue weighted by molar-refractivity contribution is 0.415. The van der Waals surface area contributed by atoms with Crippen LogP contribution < -0.4 is 4.74 Å². The van der Waals surface area contributed by atoms with Crippen LogP contribution in [-0.4, -0.2) is 12.1 Å². The molecule has 21 heavy (non-hydrogen) atoms. The van der Waals surface area contributed by atoms with Crippen LogP contribution in [0, 0.1) is 0 Å². The van der Waals surface area contributed by atoms with E-state index in [0.717, 1.165) is 22.5 Å². The van der Waals surface area contributed by atoms with Gasteiger partial charge in [-0.15, -0.1) is 0 Å². The van der Waals surface area contributed by atoms with Gasteiger partial charge in [0.25, 0.3) is 0 Å². The molecule has 1 N–H and O–H groups in total. The van der Waals surface area contributed by atoms with Crippen LogP contribution in [0.1, 0.15) is 0 Å². The summed E-state index contributed by atoms with van der Waals surface area (Å²) < 4.78 is 5.30. The van der Waals surface area contributed by atoms with Gasteiger partial charge in [-0.3, -0.25) is 0 Å². The van der Waals surface area contributed by atoms with Gasteiger partial charge in [-0.2, -0.15) is 0 Å². The Morgan fingerprint density at radius 1 is 0.762 bits per heavy atom. The fourth-order valence-electron chi connectivity index (χ4n) is 2.77. The van der Waals surface area contributed by atoms with E-state index in [-0.39, 0.29) is 0 Å². The fraction of sp³-hybridized carbons (Fsp3) is 0.0526. The quantitative estimate of drug-likeness (QED) is 0.546. The summed E-state index contributed by atoms with van der Waals surface area (Å²) in [6, 6.07) is 23.2. The van der Waals surface area contributed by atoms with Gasteiger partial charge >= 0.3 is 0 Å². The topological polar surface area (TPSA) is 25.0 Å². The molecule has 0 bridgehead atoms. The highest BCUT2D eigenvalue weighted by Gasteiger charge is 2.05. The van der Waals surface area contributed by atoms with Gasteiger partial charge in [-0.05, 0) is 41.1 Å². The van der Waals surface area contributed by atoms with E-state index >= 15 is 0 Å². The number of methoxy groups -OCH3 is 1. The van der Waals surface area contributed by atoms with Gasteiger partial charge in [0.1, 0.15) is 5.75 Å². The first-order valence-corrected chi connectivity index (χ1v) is 6.99. The summed E-state index contributed by atoms with van der Waals surface area (Å²) in [7, 11) is 1.69. The number of fused-ring (bicyclic) bond motifs is 2. The zero-order valence-electron chi connectivity index (χ0n) is 11.8. The lowest BCUT2D eigenvalue weighted by Crippen LogP contribution is -1.83. The molecule has 2 heteroatoms. The minimum Gasteiger partial charge on any atom is -0.497 e. The maximum absolute atomic E-state index is 5.30. The molecule has 0 atom stereocenters. The molecule has 0 aliphatic heterocycles. The monoisotopic (exact) mass is 273 g/mol. The fourth-order valence-corrected chi connectivity index (χ4v) is 2.77. The Balaban J connectivity index is 1.91. The number of aromatic nitrogens is 1. The highest BCUT2D eigenvalue weighted by Crippen LogP contribution is 2.29. The smallest absolute Gasteiger partial charge is 0.119 e. The van der Waals surface area contributed by atoms with Crippen molar-refractivity contribution in [3.8, 4) is 17.0 Å². The molecule has 0 saturated carbocycles. The third kappa shape index (κ3) is 2.05. The number of hydrogen-bond donors (Lipinski definition) is 1. The zero-order valence-corrected chi connectivity index (χ0v) is 11.8. The largest absolute Gasteiger partial charge is 0.497 e. The second kappa shape index (κ2) is 4.67. The Morgan fingerprint density at radius 3 is 2.38 bits per heavy atom. The van der Waals surface area contributed by atoms with Crippen LogP contribution in [0.25, 0.3) is 32.9 Å². The van der Waals surface area contributed by atoms with Gasteiger partial charge in [0.05, 0.1) is 7.11 Å². The molecule has 4 rings (SSSR count). The van der Waals surface area contributed by atoms with E-state index in [1.54, 1.807) is 7.11 Å². The van der Waals surface area contributed by atoms with Crippen molar-refractivity contribution in [2.24, 2.45) is 0 Å². The van der Waals surface area contributed by atoms with E-state index in [2.05, 4.69) is 53.5 Å². The highest BCUT2D eigenvalue weighted by atomic mass is 16.5. The molecule has 4 aromatic rings. The second-order valence-corrected chi connectivity index (χ2v) is 5.20. The molecule has 1 aromatic heterocycles. The van der Waals surface area contributed by atoms with Crippen molar-refractivity contribution in [1.82, 2.24) is 4.98 Å². The van der Waals surface area contributed by atoms with Crippen molar-refractivity contribution < 1.29 is 4.74 Å². The minimum absolute atomic E-state index is 0.872. The molecule has 3 aromatic carbocycles. The number of H-pyrrole nitrogens is 1. The molecule has 2 nitrogen and oxygen atoms in total. The maximum atomic E-state index is 5.30. The van der Waals surface area contributed by atoms with E-state index in [9.17, 15) is 0 Å². The standard InChI is InChI=1S/C19H15NO/c1-21-17-8-4-7-15(10-17)18-12-16-9-13-5-2-3-6-14(13)11-19(16)20-18/h2-12,20H,1H3. The van der Waals surface area contributed by atoms with Crippen LogP contribution in [-0.2, 0) is 0 Å². The zero-order chi connectivity index (χ0) is 14.2. The van der Waals surface area contributed by atoms with E-state index in [1.165, 1.54) is 16.2 Å². The van der Waals surface area contributed by atoms with Crippen molar-refractivity contribution in [2.45, 2.75) is 0 Å². The summed E-state index contributed by atoms with van der Waals surface area (Å²) in [5.74, 6) is 0.872. The summed E-state index contributed by atoms with van der Waals surface area (Å²) in [4.78, 5) is 3.50. The van der Waals surface area contributed by atoms with Crippen molar-refractivity contribution in [3.05, 3.63) is 66.7 Å². The summed E-state index contributed by atoms with van der Waals surface area (Å²) >= 11 is 0. The number of ether oxygens (including phenoxy) is 1. The van der Waals surface area contributed by atoms with Crippen molar-refractivity contribution >= 4 is 21.7 Å². The number of nitrogens with one attached hydrogen (secondary N) is 1. The minimum atomic E-state index is 0.872. The van der Waals surface area contributed by atoms with Crippen LogP contribution in [0.5, 0.6) is 5.75 Å². The van der Waals surface area contributed by atoms with Gasteiger partial charge in [0.15, 0.2) is 0 Å². The van der Waals surface area contributed by atoms with Crippen LogP contribution in [0.3, 0.4) is 0 Å². The lowest BCUT2D eigenvalue weighted by Gasteiger charge is -2.02. The Labute approximate surface area is 123 Å². The molecule has 0 aliphatic carbocycles. The Hall–Kier alpha value is -2.74. The van der Waals surface area contributed by atoms with Gasteiger partial charge in [0.2, 0.25) is 0 Å². The molecular formula is C19H15NO. The molecule has 0 spiro atoms. The first kappa shape index (κ1) is 12.0. The molecule has 0 amide bonds.